The van der Waals surface area contributed by atoms with Crippen LogP contribution in [0.5, 0.6) is 0 Å². The van der Waals surface area contributed by atoms with E-state index < -0.39 is 54.0 Å². The SMILES string of the molecule is CC[C@H](C)[C@@H]([C@@H](CC(=O)N1CCC[C@H]1[C@H](OC)[C@@H](C)C(=O)NCC(=O)NCc1ccc(NC(=O)OC(C)(C)C)cc1)OC)N(C)C(=O)[C@@H](NC(=O)[C@H](C(C)C)N(C)C)C(C)C. The average Bonchev–Trinajstić information content (AvgIpc) is 3.66. The molecule has 16 nitrogen and oxygen atoms in total. The second-order valence-corrected chi connectivity index (χ2v) is 18.3. The number of likely N-dealkylation sites (N-methyl/N-ethyl adjacent to an activating group) is 2. The van der Waals surface area contributed by atoms with Crippen molar-refractivity contribution in [1.82, 2.24) is 30.7 Å². The van der Waals surface area contributed by atoms with Gasteiger partial charge in [-0.2, -0.15) is 0 Å². The smallest absolute Gasteiger partial charge is 0.412 e. The molecule has 1 saturated heterocycles. The zero-order valence-electron chi connectivity index (χ0n) is 39.5. The molecule has 0 bridgehead atoms. The topological polar surface area (TPSA) is 188 Å². The summed E-state index contributed by atoms with van der Waals surface area (Å²) in [6, 6.07) is 4.87. The van der Waals surface area contributed by atoms with Crippen molar-refractivity contribution in [3.05, 3.63) is 29.8 Å². The molecule has 346 valence electrons. The molecule has 1 aromatic carbocycles. The highest BCUT2D eigenvalue weighted by atomic mass is 16.6. The first-order valence-electron chi connectivity index (χ1n) is 21.7. The van der Waals surface area contributed by atoms with Crippen LogP contribution in [0, 0.1) is 23.7 Å². The van der Waals surface area contributed by atoms with Crippen LogP contribution in [0.15, 0.2) is 24.3 Å². The fourth-order valence-electron chi connectivity index (χ4n) is 8.13. The summed E-state index contributed by atoms with van der Waals surface area (Å²) in [5.41, 5.74) is 0.718. The fourth-order valence-corrected chi connectivity index (χ4v) is 8.13. The summed E-state index contributed by atoms with van der Waals surface area (Å²) in [5, 5.41) is 11.2. The van der Waals surface area contributed by atoms with Gasteiger partial charge >= 0.3 is 6.09 Å². The van der Waals surface area contributed by atoms with Crippen LogP contribution >= 0.6 is 0 Å². The van der Waals surface area contributed by atoms with E-state index in [1.54, 1.807) is 75.9 Å². The van der Waals surface area contributed by atoms with Crippen LogP contribution in [0.3, 0.4) is 0 Å². The second kappa shape index (κ2) is 24.4. The Hall–Kier alpha value is -4.28. The highest BCUT2D eigenvalue weighted by Crippen LogP contribution is 2.30. The van der Waals surface area contributed by atoms with Crippen LogP contribution in [-0.4, -0.2) is 141 Å². The number of amides is 6. The Morgan fingerprint density at radius 1 is 0.869 bits per heavy atom. The summed E-state index contributed by atoms with van der Waals surface area (Å²) in [4.78, 5) is 85.3. The first kappa shape index (κ1) is 52.9. The lowest BCUT2D eigenvalue weighted by molar-refractivity contribution is -0.148. The summed E-state index contributed by atoms with van der Waals surface area (Å²) in [6.45, 7) is 19.3. The third kappa shape index (κ3) is 15.9. The van der Waals surface area contributed by atoms with Gasteiger partial charge in [-0.25, -0.2) is 4.79 Å². The van der Waals surface area contributed by atoms with Crippen LogP contribution in [0.25, 0.3) is 0 Å². The minimum Gasteiger partial charge on any atom is -0.444 e. The number of carbonyl (C=O) groups excluding carboxylic acids is 6. The van der Waals surface area contributed by atoms with Gasteiger partial charge in [-0.15, -0.1) is 0 Å². The maximum atomic E-state index is 14.2. The molecule has 8 atom stereocenters. The normalized spacial score (nSPS) is 17.8. The molecule has 0 radical (unpaired) electrons. The molecule has 4 N–H and O–H groups in total. The fraction of sp³-hybridized carbons (Fsp3) is 0.733. The molecule has 6 amide bonds. The van der Waals surface area contributed by atoms with Crippen LogP contribution in [0.2, 0.25) is 0 Å². The Morgan fingerprint density at radius 3 is 2.00 bits per heavy atom. The highest BCUT2D eigenvalue weighted by molar-refractivity contribution is 5.90. The van der Waals surface area contributed by atoms with Gasteiger partial charge in [0.25, 0.3) is 0 Å². The van der Waals surface area contributed by atoms with E-state index in [1.807, 2.05) is 60.5 Å². The van der Waals surface area contributed by atoms with Crippen molar-refractivity contribution in [3.8, 4) is 0 Å². The predicted octanol–water partition coefficient (Wildman–Crippen LogP) is 4.41. The molecule has 1 aliphatic rings. The number of hydrogen-bond acceptors (Lipinski definition) is 10. The van der Waals surface area contributed by atoms with E-state index in [1.165, 1.54) is 7.11 Å². The van der Waals surface area contributed by atoms with Crippen molar-refractivity contribution in [1.29, 1.82) is 0 Å². The lowest BCUT2D eigenvalue weighted by Crippen LogP contribution is -2.59. The van der Waals surface area contributed by atoms with Gasteiger partial charge in [-0.3, -0.25) is 34.2 Å². The molecule has 0 aliphatic carbocycles. The standard InChI is InChI=1S/C45H77N7O9/c1-16-29(6)39(51(13)43(57)37(27(2)3)49-42(56)38(28(4)5)50(11)12)34(59-14)24-36(54)52-23-17-18-33(52)40(60-15)30(7)41(55)47-26-35(53)46-25-31-19-21-32(22-20-31)48-44(58)61-45(8,9)10/h19-22,27-30,33-34,37-40H,16-18,23-26H2,1-15H3,(H,46,53)(H,47,55)(H,48,58)(H,49,56)/t29-,30+,33-,34+,37-,38-,39-,40+/m0/s1. The van der Waals surface area contributed by atoms with E-state index in [4.69, 9.17) is 14.2 Å². The monoisotopic (exact) mass is 860 g/mol. The number of rotatable bonds is 22. The molecule has 0 spiro atoms. The lowest BCUT2D eigenvalue weighted by Gasteiger charge is -2.41. The molecule has 0 saturated carbocycles. The molecule has 61 heavy (non-hydrogen) atoms. The van der Waals surface area contributed by atoms with Gasteiger partial charge in [0.2, 0.25) is 29.5 Å². The molecule has 1 heterocycles. The average molecular weight is 860 g/mol. The van der Waals surface area contributed by atoms with Crippen LogP contribution in [-0.2, 0) is 44.7 Å². The Bertz CT molecular complexity index is 1590. The summed E-state index contributed by atoms with van der Waals surface area (Å²) in [7, 11) is 8.47. The largest absolute Gasteiger partial charge is 0.444 e. The Balaban J connectivity index is 2.09. The maximum absolute atomic E-state index is 14.2. The quantitative estimate of drug-likeness (QED) is 0.130. The molecule has 0 unspecified atom stereocenters. The number of ether oxygens (including phenoxy) is 3. The number of likely N-dealkylation sites (tertiary alicyclic amines) is 1. The van der Waals surface area contributed by atoms with Gasteiger partial charge < -0.3 is 40.0 Å². The molecule has 1 aliphatic heterocycles. The Labute approximate surface area is 364 Å². The van der Waals surface area contributed by atoms with Crippen LogP contribution in [0.4, 0.5) is 10.5 Å². The summed E-state index contributed by atoms with van der Waals surface area (Å²) < 4.78 is 17.2. The zero-order valence-corrected chi connectivity index (χ0v) is 39.5. The molecule has 0 aromatic heterocycles. The van der Waals surface area contributed by atoms with E-state index in [0.29, 0.717) is 18.7 Å². The van der Waals surface area contributed by atoms with Gasteiger partial charge in [-0.05, 0) is 83.2 Å². The maximum Gasteiger partial charge on any atom is 0.412 e. The number of nitrogens with one attached hydrogen (secondary N) is 4. The minimum absolute atomic E-state index is 0.00541. The van der Waals surface area contributed by atoms with Crippen LogP contribution < -0.4 is 21.3 Å². The Kier molecular flexibility index (Phi) is 21.1. The van der Waals surface area contributed by atoms with Crippen molar-refractivity contribution in [2.45, 2.75) is 143 Å². The molecule has 1 aromatic rings. The van der Waals surface area contributed by atoms with Gasteiger partial charge in [0.15, 0.2) is 0 Å². The summed E-state index contributed by atoms with van der Waals surface area (Å²) in [6.07, 6.45) is 0.188. The van der Waals surface area contributed by atoms with Gasteiger partial charge in [0, 0.05) is 40.0 Å². The molecule has 1 fully saturated rings. The second-order valence-electron chi connectivity index (χ2n) is 18.3. The van der Waals surface area contributed by atoms with E-state index in [2.05, 4.69) is 21.3 Å². The lowest BCUT2D eigenvalue weighted by atomic mass is 9.89. The zero-order chi connectivity index (χ0) is 46.4. The van der Waals surface area contributed by atoms with Gasteiger partial charge in [0.1, 0.15) is 11.6 Å². The molecule has 16 heteroatoms. The van der Waals surface area contributed by atoms with Crippen molar-refractivity contribution in [2.24, 2.45) is 23.7 Å². The first-order valence-corrected chi connectivity index (χ1v) is 21.7. The number of methoxy groups -OCH3 is 2. The van der Waals surface area contributed by atoms with E-state index in [9.17, 15) is 28.8 Å². The molecular weight excluding hydrogens is 783 g/mol. The highest BCUT2D eigenvalue weighted by Gasteiger charge is 2.43. The van der Waals surface area contributed by atoms with E-state index in [0.717, 1.165) is 18.4 Å². The third-order valence-electron chi connectivity index (χ3n) is 11.5. The number of anilines is 1. The number of nitrogens with zero attached hydrogens (tertiary/aromatic N) is 3. The van der Waals surface area contributed by atoms with Crippen LogP contribution in [0.1, 0.15) is 100 Å². The summed E-state index contributed by atoms with van der Waals surface area (Å²) in [5.74, 6) is -2.31. The predicted molar refractivity (Wildman–Crippen MR) is 236 cm³/mol. The third-order valence-corrected chi connectivity index (χ3v) is 11.5. The summed E-state index contributed by atoms with van der Waals surface area (Å²) >= 11 is 0. The minimum atomic E-state index is -0.781. The van der Waals surface area contributed by atoms with Crippen molar-refractivity contribution in [3.63, 3.8) is 0 Å². The van der Waals surface area contributed by atoms with E-state index >= 15 is 0 Å². The molecule has 2 rings (SSSR count). The first-order chi connectivity index (χ1) is 28.5. The van der Waals surface area contributed by atoms with Gasteiger partial charge in [0.05, 0.1) is 49.2 Å². The van der Waals surface area contributed by atoms with E-state index in [-0.39, 0.29) is 66.8 Å². The number of carbonyl (C=O) groups is 6. The number of benzene rings is 1. The van der Waals surface area contributed by atoms with Crippen molar-refractivity contribution < 1.29 is 43.0 Å². The Morgan fingerprint density at radius 2 is 1.49 bits per heavy atom. The molecular formula is C45H77N7O9. The number of hydrogen-bond donors (Lipinski definition) is 4. The van der Waals surface area contributed by atoms with Gasteiger partial charge in [-0.1, -0.05) is 67.0 Å². The van der Waals surface area contributed by atoms with Crippen molar-refractivity contribution in [2.75, 3.05) is 53.8 Å². The van der Waals surface area contributed by atoms with Crippen molar-refractivity contribution >= 4 is 41.3 Å².